The van der Waals surface area contributed by atoms with Crippen molar-refractivity contribution in [2.24, 2.45) is 11.8 Å². The Morgan fingerprint density at radius 1 is 0.706 bits per heavy atom. The third-order valence-electron chi connectivity index (χ3n) is 4.98. The third-order valence-corrected chi connectivity index (χ3v) is 4.98. The second-order valence-electron chi connectivity index (χ2n) is 5.99. The van der Waals surface area contributed by atoms with Crippen LogP contribution in [0.25, 0.3) is 0 Å². The minimum absolute atomic E-state index is 1.04. The van der Waals surface area contributed by atoms with Crippen LogP contribution in [-0.4, -0.2) is 49.1 Å². The van der Waals surface area contributed by atoms with Gasteiger partial charge >= 0.3 is 0 Å². The van der Waals surface area contributed by atoms with Crippen LogP contribution >= 0.6 is 0 Å². The van der Waals surface area contributed by atoms with Gasteiger partial charge in [0.15, 0.2) is 0 Å². The molecule has 0 aromatic carbocycles. The first-order valence-electron chi connectivity index (χ1n) is 7.76. The molecule has 2 rings (SSSR count). The zero-order valence-corrected chi connectivity index (χ0v) is 11.8. The summed E-state index contributed by atoms with van der Waals surface area (Å²) in [4.78, 5) is 5.21. The molecule has 0 amide bonds. The van der Waals surface area contributed by atoms with Crippen LogP contribution in [0.15, 0.2) is 0 Å². The Hall–Kier alpha value is -0.0800. The third kappa shape index (κ3) is 3.96. The molecule has 0 atom stereocenters. The molecule has 17 heavy (non-hydrogen) atoms. The number of nitrogens with zero attached hydrogens (tertiary/aromatic N) is 2. The highest BCUT2D eigenvalue weighted by atomic mass is 15.1. The van der Waals surface area contributed by atoms with Gasteiger partial charge in [0, 0.05) is 0 Å². The molecule has 0 saturated carbocycles. The SMILES string of the molecule is CCN1CCC(CC2CCN(CC)CC2)CC1. The van der Waals surface area contributed by atoms with Crippen molar-refractivity contribution < 1.29 is 0 Å². The maximum atomic E-state index is 2.61. The van der Waals surface area contributed by atoms with Gasteiger partial charge in [0.1, 0.15) is 0 Å². The summed E-state index contributed by atoms with van der Waals surface area (Å²) < 4.78 is 0. The molecule has 0 radical (unpaired) electrons. The highest BCUT2D eigenvalue weighted by Gasteiger charge is 2.24. The molecule has 2 aliphatic heterocycles. The summed E-state index contributed by atoms with van der Waals surface area (Å²) in [5.41, 5.74) is 0. The number of hydrogen-bond donors (Lipinski definition) is 0. The lowest BCUT2D eigenvalue weighted by Gasteiger charge is -2.36. The maximum Gasteiger partial charge on any atom is -0.00162 e. The van der Waals surface area contributed by atoms with E-state index in [0.29, 0.717) is 0 Å². The minimum atomic E-state index is 1.04. The van der Waals surface area contributed by atoms with Crippen molar-refractivity contribution in [1.82, 2.24) is 9.80 Å². The predicted octanol–water partition coefficient (Wildman–Crippen LogP) is 2.84. The molecule has 2 aliphatic rings. The lowest BCUT2D eigenvalue weighted by molar-refractivity contribution is 0.138. The van der Waals surface area contributed by atoms with Crippen LogP contribution in [0.2, 0.25) is 0 Å². The fraction of sp³-hybridized carbons (Fsp3) is 1.00. The van der Waals surface area contributed by atoms with Crippen LogP contribution in [0.1, 0.15) is 46.0 Å². The maximum absolute atomic E-state index is 2.61. The summed E-state index contributed by atoms with van der Waals surface area (Å²) in [5, 5.41) is 0. The van der Waals surface area contributed by atoms with Gasteiger partial charge in [-0.3, -0.25) is 0 Å². The summed E-state index contributed by atoms with van der Waals surface area (Å²) >= 11 is 0. The van der Waals surface area contributed by atoms with Crippen LogP contribution in [0.3, 0.4) is 0 Å². The number of hydrogen-bond acceptors (Lipinski definition) is 2. The topological polar surface area (TPSA) is 6.48 Å². The molecule has 0 aromatic heterocycles. The lowest BCUT2D eigenvalue weighted by Crippen LogP contribution is -2.36. The van der Waals surface area contributed by atoms with Crippen molar-refractivity contribution in [2.75, 3.05) is 39.3 Å². The minimum Gasteiger partial charge on any atom is -0.304 e. The first-order chi connectivity index (χ1) is 8.31. The van der Waals surface area contributed by atoms with E-state index < -0.39 is 0 Å². The molecular formula is C15H30N2. The smallest absolute Gasteiger partial charge is 0.00162 e. The molecule has 0 bridgehead atoms. The Morgan fingerprint density at radius 3 is 1.35 bits per heavy atom. The van der Waals surface area contributed by atoms with Crippen molar-refractivity contribution in [2.45, 2.75) is 46.0 Å². The summed E-state index contributed by atoms with van der Waals surface area (Å²) in [7, 11) is 0. The van der Waals surface area contributed by atoms with Crippen molar-refractivity contribution in [3.05, 3.63) is 0 Å². The second-order valence-corrected chi connectivity index (χ2v) is 5.99. The Morgan fingerprint density at radius 2 is 1.06 bits per heavy atom. The average molecular weight is 238 g/mol. The number of rotatable bonds is 4. The van der Waals surface area contributed by atoms with Gasteiger partial charge in [0.2, 0.25) is 0 Å². The standard InChI is InChI=1S/C15H30N2/c1-3-16-9-5-14(6-10-16)13-15-7-11-17(4-2)12-8-15/h14-15H,3-13H2,1-2H3. The molecule has 0 aliphatic carbocycles. The summed E-state index contributed by atoms with van der Waals surface area (Å²) in [6.45, 7) is 12.5. The Labute approximate surface area is 107 Å². The van der Waals surface area contributed by atoms with Gasteiger partial charge in [-0.1, -0.05) is 13.8 Å². The van der Waals surface area contributed by atoms with Crippen LogP contribution in [0.5, 0.6) is 0 Å². The van der Waals surface area contributed by atoms with E-state index in [1.54, 1.807) is 0 Å². The van der Waals surface area contributed by atoms with E-state index in [2.05, 4.69) is 23.6 Å². The van der Waals surface area contributed by atoms with E-state index >= 15 is 0 Å². The molecule has 2 heterocycles. The summed E-state index contributed by atoms with van der Waals surface area (Å²) in [6.07, 6.45) is 7.36. The molecule has 2 saturated heterocycles. The zero-order valence-electron chi connectivity index (χ0n) is 11.8. The van der Waals surface area contributed by atoms with Gasteiger partial charge in [-0.2, -0.15) is 0 Å². The molecule has 0 aromatic rings. The molecule has 2 heteroatoms. The Kier molecular flexibility index (Phi) is 5.30. The van der Waals surface area contributed by atoms with Crippen molar-refractivity contribution >= 4 is 0 Å². The fourth-order valence-electron chi connectivity index (χ4n) is 3.55. The molecule has 2 fully saturated rings. The van der Waals surface area contributed by atoms with E-state index in [0.717, 1.165) is 11.8 Å². The van der Waals surface area contributed by atoms with Crippen LogP contribution < -0.4 is 0 Å². The largest absolute Gasteiger partial charge is 0.304 e. The highest BCUT2D eigenvalue weighted by Crippen LogP contribution is 2.29. The monoisotopic (exact) mass is 238 g/mol. The van der Waals surface area contributed by atoms with E-state index in [9.17, 15) is 0 Å². The summed E-state index contributed by atoms with van der Waals surface area (Å²) in [5.74, 6) is 2.08. The van der Waals surface area contributed by atoms with E-state index in [4.69, 9.17) is 0 Å². The van der Waals surface area contributed by atoms with E-state index in [1.807, 2.05) is 0 Å². The highest BCUT2D eigenvalue weighted by molar-refractivity contribution is 4.78. The predicted molar refractivity (Wildman–Crippen MR) is 74.3 cm³/mol. The van der Waals surface area contributed by atoms with Crippen molar-refractivity contribution in [3.63, 3.8) is 0 Å². The first-order valence-corrected chi connectivity index (χ1v) is 7.76. The molecule has 0 N–H and O–H groups in total. The first kappa shape index (κ1) is 13.4. The Balaban J connectivity index is 1.65. The molecule has 0 unspecified atom stereocenters. The molecule has 0 spiro atoms. The van der Waals surface area contributed by atoms with Crippen molar-refractivity contribution in [3.8, 4) is 0 Å². The van der Waals surface area contributed by atoms with Gasteiger partial charge in [0.25, 0.3) is 0 Å². The molecule has 100 valence electrons. The van der Waals surface area contributed by atoms with E-state index in [1.165, 1.54) is 71.4 Å². The average Bonchev–Trinajstić information content (AvgIpc) is 2.40. The van der Waals surface area contributed by atoms with Gasteiger partial charge in [0.05, 0.1) is 0 Å². The fourth-order valence-corrected chi connectivity index (χ4v) is 3.55. The normalized spacial score (nSPS) is 26.5. The second kappa shape index (κ2) is 6.75. The van der Waals surface area contributed by atoms with Gasteiger partial charge in [-0.05, 0) is 83.2 Å². The quantitative estimate of drug-likeness (QED) is 0.743. The lowest BCUT2D eigenvalue weighted by atomic mass is 9.83. The number of piperidine rings is 2. The van der Waals surface area contributed by atoms with Gasteiger partial charge in [-0.15, -0.1) is 0 Å². The summed E-state index contributed by atoms with van der Waals surface area (Å²) in [6, 6.07) is 0. The number of likely N-dealkylation sites (tertiary alicyclic amines) is 2. The van der Waals surface area contributed by atoms with Gasteiger partial charge in [-0.25, -0.2) is 0 Å². The van der Waals surface area contributed by atoms with Crippen LogP contribution in [-0.2, 0) is 0 Å². The Bertz CT molecular complexity index is 179. The van der Waals surface area contributed by atoms with Crippen LogP contribution in [0.4, 0.5) is 0 Å². The molecular weight excluding hydrogens is 208 g/mol. The van der Waals surface area contributed by atoms with Crippen molar-refractivity contribution in [1.29, 1.82) is 0 Å². The molecule has 2 nitrogen and oxygen atoms in total. The van der Waals surface area contributed by atoms with Crippen LogP contribution in [0, 0.1) is 11.8 Å². The van der Waals surface area contributed by atoms with Gasteiger partial charge < -0.3 is 9.80 Å². The van der Waals surface area contributed by atoms with E-state index in [-0.39, 0.29) is 0 Å². The zero-order chi connectivity index (χ0) is 12.1.